The second-order valence-corrected chi connectivity index (χ2v) is 8.18. The van der Waals surface area contributed by atoms with Gasteiger partial charge in [-0.25, -0.2) is 9.97 Å². The number of nitrogens with zero attached hydrogens (tertiary/aromatic N) is 3. The number of hydrogen-bond acceptors (Lipinski definition) is 4. The molecule has 0 unspecified atom stereocenters. The lowest BCUT2D eigenvalue weighted by Gasteiger charge is -2.09. The molecular formula is C23H17ClN4OS. The number of nitrogens with one attached hydrogen (secondary N) is 1. The van der Waals surface area contributed by atoms with E-state index in [1.807, 2.05) is 77.2 Å². The fourth-order valence-electron chi connectivity index (χ4n) is 3.43. The zero-order valence-electron chi connectivity index (χ0n) is 15.9. The Bertz CT molecular complexity index is 1400. The van der Waals surface area contributed by atoms with E-state index in [1.54, 1.807) is 0 Å². The Hall–Kier alpha value is -3.09. The van der Waals surface area contributed by atoms with Crippen LogP contribution in [0.5, 0.6) is 0 Å². The molecule has 1 amide bonds. The van der Waals surface area contributed by atoms with E-state index in [1.165, 1.54) is 11.8 Å². The number of para-hydroxylation sites is 3. The Labute approximate surface area is 182 Å². The lowest BCUT2D eigenvalue weighted by molar-refractivity contribution is -0.118. The van der Waals surface area contributed by atoms with Gasteiger partial charge in [0.2, 0.25) is 5.91 Å². The Balaban J connectivity index is 1.44. The molecule has 0 spiro atoms. The zero-order chi connectivity index (χ0) is 20.5. The summed E-state index contributed by atoms with van der Waals surface area (Å²) in [6.45, 7) is 0.396. The van der Waals surface area contributed by atoms with Crippen LogP contribution in [0.15, 0.2) is 78.0 Å². The van der Waals surface area contributed by atoms with Gasteiger partial charge in [0.25, 0.3) is 0 Å². The summed E-state index contributed by atoms with van der Waals surface area (Å²) in [5.74, 6) is 0.171. The molecule has 0 aliphatic heterocycles. The highest BCUT2D eigenvalue weighted by atomic mass is 35.5. The van der Waals surface area contributed by atoms with Crippen LogP contribution >= 0.6 is 23.4 Å². The number of thioether (sulfide) groups is 1. The van der Waals surface area contributed by atoms with Gasteiger partial charge in [-0.05, 0) is 35.9 Å². The molecule has 1 N–H and O–H groups in total. The number of benzene rings is 3. The van der Waals surface area contributed by atoms with E-state index in [2.05, 4.69) is 5.32 Å². The van der Waals surface area contributed by atoms with Gasteiger partial charge in [-0.3, -0.25) is 9.20 Å². The second-order valence-electron chi connectivity index (χ2n) is 6.83. The van der Waals surface area contributed by atoms with Crippen molar-refractivity contribution in [3.8, 4) is 0 Å². The predicted molar refractivity (Wildman–Crippen MR) is 122 cm³/mol. The lowest BCUT2D eigenvalue weighted by Crippen LogP contribution is -2.24. The summed E-state index contributed by atoms with van der Waals surface area (Å²) in [4.78, 5) is 22.1. The first-order valence-corrected chi connectivity index (χ1v) is 10.9. The molecule has 3 aromatic carbocycles. The van der Waals surface area contributed by atoms with Crippen LogP contribution in [0.25, 0.3) is 27.6 Å². The fourth-order valence-corrected chi connectivity index (χ4v) is 4.47. The molecule has 7 heteroatoms. The standard InChI is InChI=1S/C23H17ClN4OS/c24-17-9-3-1-7-15(17)13-25-21(29)14-30-23-27-18-10-4-2-8-16(18)22-26-19-11-5-6-12-20(19)28(22)23/h1-12H,13-14H2,(H,25,29). The zero-order valence-corrected chi connectivity index (χ0v) is 17.5. The molecule has 0 aliphatic carbocycles. The summed E-state index contributed by atoms with van der Waals surface area (Å²) >= 11 is 7.57. The van der Waals surface area contributed by atoms with Gasteiger partial charge in [0.05, 0.1) is 22.3 Å². The Morgan fingerprint density at radius 1 is 0.933 bits per heavy atom. The Kier molecular flexibility index (Phi) is 5.02. The minimum absolute atomic E-state index is 0.0764. The maximum atomic E-state index is 12.5. The summed E-state index contributed by atoms with van der Waals surface area (Å²) in [5, 5.41) is 5.30. The van der Waals surface area contributed by atoms with E-state index in [0.717, 1.165) is 38.3 Å². The van der Waals surface area contributed by atoms with E-state index in [0.29, 0.717) is 11.6 Å². The number of carbonyl (C=O) groups excluding carboxylic acids is 1. The van der Waals surface area contributed by atoms with Crippen molar-refractivity contribution in [2.24, 2.45) is 0 Å². The molecule has 5 nitrogen and oxygen atoms in total. The van der Waals surface area contributed by atoms with Crippen LogP contribution in [0, 0.1) is 0 Å². The molecule has 2 aromatic heterocycles. The van der Waals surface area contributed by atoms with Gasteiger partial charge in [-0.1, -0.05) is 65.8 Å². The van der Waals surface area contributed by atoms with Crippen molar-refractivity contribution >= 4 is 56.9 Å². The summed E-state index contributed by atoms with van der Waals surface area (Å²) < 4.78 is 2.03. The number of imidazole rings is 1. The van der Waals surface area contributed by atoms with Crippen LogP contribution in [0.3, 0.4) is 0 Å². The molecule has 30 heavy (non-hydrogen) atoms. The van der Waals surface area contributed by atoms with Crippen LogP contribution in [-0.2, 0) is 11.3 Å². The minimum Gasteiger partial charge on any atom is -0.351 e. The predicted octanol–water partition coefficient (Wildman–Crippen LogP) is 5.10. The SMILES string of the molecule is O=C(CSc1nc2ccccc2c2nc3ccccc3n12)NCc1ccccc1Cl. The smallest absolute Gasteiger partial charge is 0.230 e. The number of fused-ring (bicyclic) bond motifs is 5. The number of hydrogen-bond donors (Lipinski definition) is 1. The van der Waals surface area contributed by atoms with Crippen LogP contribution in [0.2, 0.25) is 5.02 Å². The summed E-state index contributed by atoms with van der Waals surface area (Å²) in [6.07, 6.45) is 0. The first-order valence-electron chi connectivity index (χ1n) is 9.49. The number of aromatic nitrogens is 3. The average Bonchev–Trinajstić information content (AvgIpc) is 3.17. The third-order valence-corrected chi connectivity index (χ3v) is 6.19. The third kappa shape index (κ3) is 3.49. The highest BCUT2D eigenvalue weighted by Gasteiger charge is 2.15. The van der Waals surface area contributed by atoms with Gasteiger partial charge in [-0.2, -0.15) is 0 Å². The molecule has 2 heterocycles. The molecule has 0 aliphatic rings. The van der Waals surface area contributed by atoms with Crippen LogP contribution < -0.4 is 5.32 Å². The maximum absolute atomic E-state index is 12.5. The van der Waals surface area contributed by atoms with E-state index < -0.39 is 0 Å². The van der Waals surface area contributed by atoms with Gasteiger partial charge in [0, 0.05) is 17.0 Å². The van der Waals surface area contributed by atoms with E-state index in [-0.39, 0.29) is 11.7 Å². The first-order chi connectivity index (χ1) is 14.7. The molecule has 5 rings (SSSR count). The van der Waals surface area contributed by atoms with Gasteiger partial charge < -0.3 is 5.32 Å². The monoisotopic (exact) mass is 432 g/mol. The molecule has 5 aromatic rings. The number of carbonyl (C=O) groups is 1. The second kappa shape index (κ2) is 7.97. The minimum atomic E-state index is -0.0764. The lowest BCUT2D eigenvalue weighted by atomic mass is 10.2. The van der Waals surface area contributed by atoms with Gasteiger partial charge >= 0.3 is 0 Å². The largest absolute Gasteiger partial charge is 0.351 e. The van der Waals surface area contributed by atoms with E-state index >= 15 is 0 Å². The van der Waals surface area contributed by atoms with E-state index in [4.69, 9.17) is 21.6 Å². The highest BCUT2D eigenvalue weighted by molar-refractivity contribution is 7.99. The molecule has 0 bridgehead atoms. The molecule has 0 saturated heterocycles. The van der Waals surface area contributed by atoms with Crippen molar-refractivity contribution < 1.29 is 4.79 Å². The average molecular weight is 433 g/mol. The number of amides is 1. The number of rotatable bonds is 5. The molecule has 148 valence electrons. The normalized spacial score (nSPS) is 11.4. The van der Waals surface area contributed by atoms with Crippen molar-refractivity contribution in [3.05, 3.63) is 83.4 Å². The topological polar surface area (TPSA) is 59.3 Å². The van der Waals surface area contributed by atoms with Crippen LogP contribution in [0.4, 0.5) is 0 Å². The highest BCUT2D eigenvalue weighted by Crippen LogP contribution is 2.28. The van der Waals surface area contributed by atoms with E-state index in [9.17, 15) is 4.79 Å². The molecule has 0 radical (unpaired) electrons. The Morgan fingerprint density at radius 2 is 1.67 bits per heavy atom. The number of halogens is 1. The maximum Gasteiger partial charge on any atom is 0.230 e. The molecule has 0 saturated carbocycles. The van der Waals surface area contributed by atoms with Crippen molar-refractivity contribution in [2.75, 3.05) is 5.75 Å². The summed E-state index contributed by atoms with van der Waals surface area (Å²) in [6, 6.07) is 23.4. The van der Waals surface area contributed by atoms with Gasteiger partial charge in [0.1, 0.15) is 5.65 Å². The van der Waals surface area contributed by atoms with Crippen molar-refractivity contribution in [2.45, 2.75) is 11.7 Å². The third-order valence-electron chi connectivity index (χ3n) is 4.88. The molecular weight excluding hydrogens is 416 g/mol. The fraction of sp³-hybridized carbons (Fsp3) is 0.0870. The Morgan fingerprint density at radius 3 is 2.53 bits per heavy atom. The summed E-state index contributed by atoms with van der Waals surface area (Å²) in [5.41, 5.74) is 4.48. The summed E-state index contributed by atoms with van der Waals surface area (Å²) in [7, 11) is 0. The van der Waals surface area contributed by atoms with Crippen molar-refractivity contribution in [1.29, 1.82) is 0 Å². The van der Waals surface area contributed by atoms with Crippen LogP contribution in [0.1, 0.15) is 5.56 Å². The van der Waals surface area contributed by atoms with Crippen molar-refractivity contribution in [1.82, 2.24) is 19.7 Å². The molecule has 0 fully saturated rings. The van der Waals surface area contributed by atoms with Gasteiger partial charge in [-0.15, -0.1) is 0 Å². The van der Waals surface area contributed by atoms with Crippen molar-refractivity contribution in [3.63, 3.8) is 0 Å². The first kappa shape index (κ1) is 18.9. The van der Waals surface area contributed by atoms with Crippen LogP contribution in [-0.4, -0.2) is 26.0 Å². The van der Waals surface area contributed by atoms with Gasteiger partial charge in [0.15, 0.2) is 5.16 Å². The quantitative estimate of drug-likeness (QED) is 0.310. The molecule has 0 atom stereocenters.